The molecule has 0 atom stereocenters. The molecule has 0 aromatic heterocycles. The van der Waals surface area contributed by atoms with Gasteiger partial charge < -0.3 is 20.3 Å². The van der Waals surface area contributed by atoms with Crippen molar-refractivity contribution in [2.75, 3.05) is 37.4 Å². The highest BCUT2D eigenvalue weighted by molar-refractivity contribution is 5.82. The lowest BCUT2D eigenvalue weighted by Gasteiger charge is -2.32. The Kier molecular flexibility index (Phi) is 5.66. The summed E-state index contributed by atoms with van der Waals surface area (Å²) < 4.78 is 5.46. The molecule has 1 aliphatic rings. The molecule has 0 fully saturated rings. The van der Waals surface area contributed by atoms with Gasteiger partial charge in [0, 0.05) is 31.5 Å². The number of hydrogen-bond acceptors (Lipinski definition) is 4. The summed E-state index contributed by atoms with van der Waals surface area (Å²) in [7, 11) is 1.85. The summed E-state index contributed by atoms with van der Waals surface area (Å²) in [5, 5.41) is 0. The molecule has 26 heavy (non-hydrogen) atoms. The fourth-order valence-corrected chi connectivity index (χ4v) is 3.40. The number of rotatable bonds is 6. The third-order valence-electron chi connectivity index (χ3n) is 4.79. The van der Waals surface area contributed by atoms with Gasteiger partial charge in [-0.2, -0.15) is 0 Å². The fraction of sp³-hybridized carbons (Fsp3) is 0.381. The second-order valence-corrected chi connectivity index (χ2v) is 6.70. The molecule has 1 aliphatic heterocycles. The Morgan fingerprint density at radius 1 is 1.23 bits per heavy atom. The SMILES string of the molecule is CCOc1ccc(CN(C)C(=O)CN2CCCc3c(N)cccc32)cc1. The van der Waals surface area contributed by atoms with Crippen molar-refractivity contribution in [2.24, 2.45) is 0 Å². The number of benzene rings is 2. The molecule has 2 aromatic rings. The molecule has 0 aliphatic carbocycles. The third kappa shape index (κ3) is 4.10. The van der Waals surface area contributed by atoms with Crippen LogP contribution in [0.1, 0.15) is 24.5 Å². The zero-order valence-corrected chi connectivity index (χ0v) is 15.6. The normalized spacial score (nSPS) is 13.2. The lowest BCUT2D eigenvalue weighted by molar-refractivity contribution is -0.129. The Bertz CT molecular complexity index is 758. The summed E-state index contributed by atoms with van der Waals surface area (Å²) in [6, 6.07) is 13.9. The second-order valence-electron chi connectivity index (χ2n) is 6.70. The number of nitrogens with zero attached hydrogens (tertiary/aromatic N) is 2. The van der Waals surface area contributed by atoms with Gasteiger partial charge in [0.25, 0.3) is 0 Å². The van der Waals surface area contributed by atoms with Gasteiger partial charge in [0.15, 0.2) is 0 Å². The van der Waals surface area contributed by atoms with E-state index in [4.69, 9.17) is 10.5 Å². The highest BCUT2D eigenvalue weighted by atomic mass is 16.5. The number of anilines is 2. The predicted octanol–water partition coefficient (Wildman–Crippen LogP) is 3.08. The first-order valence-electron chi connectivity index (χ1n) is 9.16. The molecule has 0 bridgehead atoms. The van der Waals surface area contributed by atoms with Crippen LogP contribution in [-0.2, 0) is 17.8 Å². The lowest BCUT2D eigenvalue weighted by Crippen LogP contribution is -2.40. The minimum Gasteiger partial charge on any atom is -0.494 e. The van der Waals surface area contributed by atoms with Gasteiger partial charge in [-0.15, -0.1) is 0 Å². The van der Waals surface area contributed by atoms with E-state index in [-0.39, 0.29) is 5.91 Å². The zero-order chi connectivity index (χ0) is 18.5. The molecule has 2 N–H and O–H groups in total. The van der Waals surface area contributed by atoms with Gasteiger partial charge in [0.05, 0.1) is 13.2 Å². The number of fused-ring (bicyclic) bond motifs is 1. The van der Waals surface area contributed by atoms with Crippen LogP contribution in [0.3, 0.4) is 0 Å². The Morgan fingerprint density at radius 3 is 2.73 bits per heavy atom. The molecule has 1 amide bonds. The number of amides is 1. The number of carbonyl (C=O) groups is 1. The van der Waals surface area contributed by atoms with Gasteiger partial charge in [0.1, 0.15) is 5.75 Å². The van der Waals surface area contributed by atoms with E-state index < -0.39 is 0 Å². The molecule has 2 aromatic carbocycles. The van der Waals surface area contributed by atoms with Crippen molar-refractivity contribution >= 4 is 17.3 Å². The summed E-state index contributed by atoms with van der Waals surface area (Å²) in [6.45, 7) is 4.47. The minimum atomic E-state index is 0.106. The van der Waals surface area contributed by atoms with Crippen molar-refractivity contribution in [3.63, 3.8) is 0 Å². The standard InChI is InChI=1S/C21H27N3O2/c1-3-26-17-11-9-16(10-12-17)14-23(2)21(25)15-24-13-5-6-18-19(22)7-4-8-20(18)24/h4,7-12H,3,5-6,13-15,22H2,1-2H3. The maximum atomic E-state index is 12.7. The predicted molar refractivity (Wildman–Crippen MR) is 105 cm³/mol. The Labute approximate surface area is 155 Å². The van der Waals surface area contributed by atoms with Crippen LogP contribution in [0.15, 0.2) is 42.5 Å². The highest BCUT2D eigenvalue weighted by Crippen LogP contribution is 2.31. The average Bonchev–Trinajstić information content (AvgIpc) is 2.64. The van der Waals surface area contributed by atoms with Crippen LogP contribution in [0.5, 0.6) is 5.75 Å². The first kappa shape index (κ1) is 18.1. The molecular formula is C21H27N3O2. The van der Waals surface area contributed by atoms with E-state index in [0.29, 0.717) is 19.7 Å². The molecule has 3 rings (SSSR count). The van der Waals surface area contributed by atoms with Crippen LogP contribution in [0.2, 0.25) is 0 Å². The van der Waals surface area contributed by atoms with Gasteiger partial charge in [0.2, 0.25) is 5.91 Å². The van der Waals surface area contributed by atoms with Crippen molar-refractivity contribution in [3.8, 4) is 5.75 Å². The Morgan fingerprint density at radius 2 is 2.00 bits per heavy atom. The number of carbonyl (C=O) groups excluding carboxylic acids is 1. The van der Waals surface area contributed by atoms with E-state index in [1.54, 1.807) is 4.90 Å². The van der Waals surface area contributed by atoms with Crippen LogP contribution in [-0.4, -0.2) is 37.6 Å². The van der Waals surface area contributed by atoms with Gasteiger partial charge in [-0.3, -0.25) is 4.79 Å². The monoisotopic (exact) mass is 353 g/mol. The first-order chi connectivity index (χ1) is 12.6. The van der Waals surface area contributed by atoms with Crippen molar-refractivity contribution in [1.82, 2.24) is 4.90 Å². The first-order valence-corrected chi connectivity index (χ1v) is 9.16. The molecule has 5 heteroatoms. The fourth-order valence-electron chi connectivity index (χ4n) is 3.40. The van der Waals surface area contributed by atoms with Crippen LogP contribution in [0.25, 0.3) is 0 Å². The molecule has 0 saturated heterocycles. The topological polar surface area (TPSA) is 58.8 Å². The molecule has 0 unspecified atom stereocenters. The molecule has 138 valence electrons. The highest BCUT2D eigenvalue weighted by Gasteiger charge is 2.22. The van der Waals surface area contributed by atoms with Gasteiger partial charge >= 0.3 is 0 Å². The summed E-state index contributed by atoms with van der Waals surface area (Å²) in [5.41, 5.74) is 10.3. The van der Waals surface area contributed by atoms with Crippen molar-refractivity contribution < 1.29 is 9.53 Å². The van der Waals surface area contributed by atoms with E-state index >= 15 is 0 Å². The van der Waals surface area contributed by atoms with E-state index in [1.165, 1.54) is 5.56 Å². The van der Waals surface area contributed by atoms with Crippen LogP contribution < -0.4 is 15.4 Å². The van der Waals surface area contributed by atoms with Gasteiger partial charge in [-0.1, -0.05) is 18.2 Å². The summed E-state index contributed by atoms with van der Waals surface area (Å²) in [6.07, 6.45) is 2.01. The lowest BCUT2D eigenvalue weighted by atomic mass is 10.00. The van der Waals surface area contributed by atoms with Gasteiger partial charge in [-0.25, -0.2) is 0 Å². The number of nitrogen functional groups attached to an aromatic ring is 1. The quantitative estimate of drug-likeness (QED) is 0.811. The number of ether oxygens (including phenoxy) is 1. The van der Waals surface area contributed by atoms with Crippen LogP contribution in [0.4, 0.5) is 11.4 Å². The van der Waals surface area contributed by atoms with Gasteiger partial charge in [-0.05, 0) is 55.2 Å². The smallest absolute Gasteiger partial charge is 0.242 e. The Balaban J connectivity index is 1.62. The second kappa shape index (κ2) is 8.13. The zero-order valence-electron chi connectivity index (χ0n) is 15.6. The average molecular weight is 353 g/mol. The largest absolute Gasteiger partial charge is 0.494 e. The number of nitrogens with two attached hydrogens (primary N) is 1. The van der Waals surface area contributed by atoms with Crippen LogP contribution in [0, 0.1) is 0 Å². The molecule has 5 nitrogen and oxygen atoms in total. The Hall–Kier alpha value is -2.69. The minimum absolute atomic E-state index is 0.106. The maximum Gasteiger partial charge on any atom is 0.242 e. The molecular weight excluding hydrogens is 326 g/mol. The summed E-state index contributed by atoms with van der Waals surface area (Å²) >= 11 is 0. The van der Waals surface area contributed by atoms with E-state index in [9.17, 15) is 4.79 Å². The van der Waals surface area contributed by atoms with Crippen LogP contribution >= 0.6 is 0 Å². The van der Waals surface area contributed by atoms with Crippen molar-refractivity contribution in [2.45, 2.75) is 26.3 Å². The van der Waals surface area contributed by atoms with Crippen molar-refractivity contribution in [3.05, 3.63) is 53.6 Å². The molecule has 0 saturated carbocycles. The van der Waals surface area contributed by atoms with E-state index in [1.807, 2.05) is 50.4 Å². The molecule has 0 spiro atoms. The summed E-state index contributed by atoms with van der Waals surface area (Å²) in [5.74, 6) is 0.960. The van der Waals surface area contributed by atoms with E-state index in [0.717, 1.165) is 42.1 Å². The summed E-state index contributed by atoms with van der Waals surface area (Å²) in [4.78, 5) is 16.6. The number of hydrogen-bond donors (Lipinski definition) is 1. The molecule has 1 heterocycles. The van der Waals surface area contributed by atoms with E-state index in [2.05, 4.69) is 11.0 Å². The number of likely N-dealkylation sites (N-methyl/N-ethyl adjacent to an activating group) is 1. The maximum absolute atomic E-state index is 12.7. The van der Waals surface area contributed by atoms with Crippen molar-refractivity contribution in [1.29, 1.82) is 0 Å². The molecule has 0 radical (unpaired) electrons. The third-order valence-corrected chi connectivity index (χ3v) is 4.79.